The molecule has 2 N–H and O–H groups in total. The first-order chi connectivity index (χ1) is 19.5. The lowest BCUT2D eigenvalue weighted by molar-refractivity contribution is -0.0808. The molecule has 1 aromatic carbocycles. The summed E-state index contributed by atoms with van der Waals surface area (Å²) in [5.74, 6) is 0.0919. The standard InChI is InChI=1S/C31H28FN7S/c1-2-40-39-19-31(20-39)17-37(18-31)14-21-5-7-22(8-6-21)29-25(24-4-3-11-34-30(24)33)15-38-16-27(36-13-28(29)38)26-10-9-23(32)12-35-26/h2-13,15-16H,1,14,17-20H2,(H2,33,34). The van der Waals surface area contributed by atoms with E-state index < -0.39 is 0 Å². The smallest absolute Gasteiger partial charge is 0.141 e. The second kappa shape index (κ2) is 9.85. The van der Waals surface area contributed by atoms with E-state index in [1.165, 1.54) is 17.8 Å². The minimum absolute atomic E-state index is 0.378. The molecule has 7 nitrogen and oxygen atoms in total. The summed E-state index contributed by atoms with van der Waals surface area (Å²) >= 11 is 1.72. The molecule has 0 radical (unpaired) electrons. The number of benzene rings is 1. The number of hydrogen-bond acceptors (Lipinski definition) is 7. The van der Waals surface area contributed by atoms with Gasteiger partial charge in [0.2, 0.25) is 0 Å². The predicted molar refractivity (Wildman–Crippen MR) is 159 cm³/mol. The number of nitrogen functional groups attached to an aromatic ring is 1. The van der Waals surface area contributed by atoms with Crippen molar-refractivity contribution in [1.82, 2.24) is 28.6 Å². The van der Waals surface area contributed by atoms with E-state index in [1.54, 1.807) is 24.2 Å². The fraction of sp³-hybridized carbons (Fsp3) is 0.194. The van der Waals surface area contributed by atoms with Crippen LogP contribution in [0, 0.1) is 11.2 Å². The van der Waals surface area contributed by atoms with Crippen LogP contribution < -0.4 is 5.73 Å². The summed E-state index contributed by atoms with van der Waals surface area (Å²) in [4.78, 5) is 15.7. The number of halogens is 1. The Kier molecular flexibility index (Phi) is 6.14. The number of likely N-dealkylation sites (tertiary alicyclic amines) is 1. The third-order valence-corrected chi connectivity index (χ3v) is 8.50. The number of hydrogen-bond donors (Lipinski definition) is 1. The molecule has 2 aliphatic heterocycles. The molecule has 0 unspecified atom stereocenters. The lowest BCUT2D eigenvalue weighted by Gasteiger charge is -2.59. The molecule has 9 heteroatoms. The van der Waals surface area contributed by atoms with Crippen LogP contribution in [-0.4, -0.2) is 54.7 Å². The van der Waals surface area contributed by atoms with Gasteiger partial charge in [-0.05, 0) is 40.8 Å². The summed E-state index contributed by atoms with van der Waals surface area (Å²) < 4.78 is 17.8. The Bertz CT molecular complexity index is 1700. The van der Waals surface area contributed by atoms with Gasteiger partial charge in [-0.3, -0.25) is 14.9 Å². The highest BCUT2D eigenvalue weighted by Gasteiger charge is 2.51. The van der Waals surface area contributed by atoms with Gasteiger partial charge >= 0.3 is 0 Å². The SMILES string of the molecule is C=CSN1CC2(CN(Cc3ccc(-c4c(-c5cccnc5N)cn5cc(-c6ccc(F)cn6)ncc45)cc3)C2)C1. The number of pyridine rings is 2. The highest BCUT2D eigenvalue weighted by Crippen LogP contribution is 2.43. The Morgan fingerprint density at radius 3 is 2.45 bits per heavy atom. The van der Waals surface area contributed by atoms with Crippen molar-refractivity contribution >= 4 is 23.3 Å². The number of aromatic nitrogens is 4. The summed E-state index contributed by atoms with van der Waals surface area (Å²) in [5, 5.41) is 1.91. The molecule has 6 heterocycles. The third-order valence-electron chi connectivity index (χ3n) is 7.79. The lowest BCUT2D eigenvalue weighted by atomic mass is 9.74. The van der Waals surface area contributed by atoms with Gasteiger partial charge in [0, 0.05) is 73.4 Å². The Hall–Kier alpha value is -4.05. The lowest BCUT2D eigenvalue weighted by Crippen LogP contribution is -2.69. The minimum atomic E-state index is -0.378. The first-order valence-electron chi connectivity index (χ1n) is 13.2. The first kappa shape index (κ1) is 25.0. The zero-order valence-electron chi connectivity index (χ0n) is 21.9. The molecule has 2 saturated heterocycles. The largest absolute Gasteiger partial charge is 0.383 e. The Balaban J connectivity index is 1.19. The van der Waals surface area contributed by atoms with Crippen molar-refractivity contribution in [3.05, 3.63) is 103 Å². The van der Waals surface area contributed by atoms with E-state index in [-0.39, 0.29) is 5.82 Å². The summed E-state index contributed by atoms with van der Waals surface area (Å²) in [5.41, 5.74) is 14.2. The highest BCUT2D eigenvalue weighted by molar-refractivity contribution is 7.99. The molecule has 7 rings (SSSR count). The number of anilines is 1. The summed E-state index contributed by atoms with van der Waals surface area (Å²) in [6.45, 7) is 9.35. The average Bonchev–Trinajstić information content (AvgIpc) is 3.30. The van der Waals surface area contributed by atoms with Gasteiger partial charge in [-0.25, -0.2) is 13.7 Å². The van der Waals surface area contributed by atoms with Crippen LogP contribution in [0.3, 0.4) is 0 Å². The highest BCUT2D eigenvalue weighted by atomic mass is 32.2. The molecule has 0 bridgehead atoms. The molecular weight excluding hydrogens is 521 g/mol. The molecule has 4 aromatic heterocycles. The summed E-state index contributed by atoms with van der Waals surface area (Å²) in [7, 11) is 0. The maximum Gasteiger partial charge on any atom is 0.141 e. The van der Waals surface area contributed by atoms with E-state index in [1.807, 2.05) is 40.5 Å². The van der Waals surface area contributed by atoms with E-state index in [2.05, 4.69) is 55.0 Å². The van der Waals surface area contributed by atoms with Crippen LogP contribution in [0.5, 0.6) is 0 Å². The summed E-state index contributed by atoms with van der Waals surface area (Å²) in [6, 6.07) is 15.7. The second-order valence-electron chi connectivity index (χ2n) is 10.7. The van der Waals surface area contributed by atoms with Crippen LogP contribution in [0.1, 0.15) is 5.56 Å². The average molecular weight is 550 g/mol. The molecule has 0 atom stereocenters. The zero-order chi connectivity index (χ0) is 27.3. The van der Waals surface area contributed by atoms with Crippen LogP contribution in [0.2, 0.25) is 0 Å². The van der Waals surface area contributed by atoms with Gasteiger partial charge in [-0.15, -0.1) is 0 Å². The minimum Gasteiger partial charge on any atom is -0.383 e. The Labute approximate surface area is 236 Å². The van der Waals surface area contributed by atoms with Crippen LogP contribution in [0.4, 0.5) is 10.2 Å². The first-order valence-corrected chi connectivity index (χ1v) is 14.0. The molecule has 0 amide bonds. The van der Waals surface area contributed by atoms with Gasteiger partial charge in [0.1, 0.15) is 17.3 Å². The fourth-order valence-corrected chi connectivity index (χ4v) is 6.93. The van der Waals surface area contributed by atoms with Gasteiger partial charge in [-0.1, -0.05) is 42.8 Å². The predicted octanol–water partition coefficient (Wildman–Crippen LogP) is 5.76. The quantitative estimate of drug-likeness (QED) is 0.259. The van der Waals surface area contributed by atoms with E-state index in [4.69, 9.17) is 5.73 Å². The molecule has 5 aromatic rings. The molecule has 0 saturated carbocycles. The normalized spacial score (nSPS) is 16.6. The van der Waals surface area contributed by atoms with Gasteiger partial charge in [0.25, 0.3) is 0 Å². The van der Waals surface area contributed by atoms with Crippen molar-refractivity contribution in [1.29, 1.82) is 0 Å². The number of fused-ring (bicyclic) bond motifs is 1. The molecule has 0 aliphatic carbocycles. The van der Waals surface area contributed by atoms with Crippen molar-refractivity contribution in [2.75, 3.05) is 31.9 Å². The van der Waals surface area contributed by atoms with Crippen molar-refractivity contribution in [2.24, 2.45) is 5.41 Å². The summed E-state index contributed by atoms with van der Waals surface area (Å²) in [6.07, 6.45) is 8.70. The van der Waals surface area contributed by atoms with Gasteiger partial charge < -0.3 is 10.1 Å². The number of nitrogens with zero attached hydrogens (tertiary/aromatic N) is 6. The van der Waals surface area contributed by atoms with Crippen molar-refractivity contribution < 1.29 is 4.39 Å². The maximum absolute atomic E-state index is 13.4. The molecule has 200 valence electrons. The number of rotatable bonds is 7. The van der Waals surface area contributed by atoms with Crippen LogP contribution in [0.15, 0.2) is 91.5 Å². The molecule has 40 heavy (non-hydrogen) atoms. The third kappa shape index (κ3) is 4.46. The van der Waals surface area contributed by atoms with Gasteiger partial charge in [0.05, 0.1) is 23.6 Å². The van der Waals surface area contributed by atoms with E-state index >= 15 is 0 Å². The molecule has 1 spiro atoms. The van der Waals surface area contributed by atoms with Crippen LogP contribution in [-0.2, 0) is 6.54 Å². The van der Waals surface area contributed by atoms with Crippen LogP contribution in [0.25, 0.3) is 39.2 Å². The van der Waals surface area contributed by atoms with Crippen molar-refractivity contribution in [3.63, 3.8) is 0 Å². The van der Waals surface area contributed by atoms with E-state index in [0.29, 0.717) is 22.6 Å². The molecule has 2 fully saturated rings. The van der Waals surface area contributed by atoms with E-state index in [0.717, 1.165) is 60.5 Å². The number of nitrogens with two attached hydrogens (primary N) is 1. The van der Waals surface area contributed by atoms with Crippen LogP contribution >= 0.6 is 11.9 Å². The second-order valence-corrected chi connectivity index (χ2v) is 11.8. The molecular formula is C31H28FN7S. The topological polar surface area (TPSA) is 75.6 Å². The van der Waals surface area contributed by atoms with Gasteiger partial charge in [0.15, 0.2) is 0 Å². The van der Waals surface area contributed by atoms with Crippen molar-refractivity contribution in [3.8, 4) is 33.6 Å². The van der Waals surface area contributed by atoms with Crippen molar-refractivity contribution in [2.45, 2.75) is 6.54 Å². The zero-order valence-corrected chi connectivity index (χ0v) is 22.7. The molecule has 2 aliphatic rings. The monoisotopic (exact) mass is 549 g/mol. The fourth-order valence-electron chi connectivity index (χ4n) is 6.02. The van der Waals surface area contributed by atoms with E-state index in [9.17, 15) is 4.39 Å². The Morgan fingerprint density at radius 2 is 1.73 bits per heavy atom. The van der Waals surface area contributed by atoms with Gasteiger partial charge in [-0.2, -0.15) is 0 Å². The maximum atomic E-state index is 13.4. The Morgan fingerprint density at radius 1 is 0.925 bits per heavy atom.